The SMILES string of the molecule is CCOCn1cc(NC(=O)c2ccn(COc3cccc(C(F)(F)F)c3)n2)cn1. The molecule has 2 heterocycles. The van der Waals surface area contributed by atoms with Crippen LogP contribution in [-0.2, 0) is 24.4 Å². The van der Waals surface area contributed by atoms with E-state index in [-0.39, 0.29) is 24.9 Å². The highest BCUT2D eigenvalue weighted by Crippen LogP contribution is 2.31. The van der Waals surface area contributed by atoms with Crippen molar-refractivity contribution in [2.45, 2.75) is 26.6 Å². The largest absolute Gasteiger partial charge is 0.471 e. The molecule has 0 fully saturated rings. The monoisotopic (exact) mass is 409 g/mol. The number of hydrogen-bond donors (Lipinski definition) is 1. The van der Waals surface area contributed by atoms with Crippen molar-refractivity contribution < 1.29 is 27.4 Å². The third-order valence-electron chi connectivity index (χ3n) is 3.72. The number of aromatic nitrogens is 4. The molecule has 0 bridgehead atoms. The quantitative estimate of drug-likeness (QED) is 0.617. The molecule has 0 aliphatic rings. The van der Waals surface area contributed by atoms with Gasteiger partial charge < -0.3 is 14.8 Å². The van der Waals surface area contributed by atoms with E-state index in [1.54, 1.807) is 6.20 Å². The number of ether oxygens (including phenoxy) is 2. The van der Waals surface area contributed by atoms with Crippen molar-refractivity contribution in [3.05, 3.63) is 60.2 Å². The minimum Gasteiger partial charge on any atom is -0.471 e. The number of amides is 1. The van der Waals surface area contributed by atoms with Crippen molar-refractivity contribution in [1.29, 1.82) is 0 Å². The van der Waals surface area contributed by atoms with Crippen molar-refractivity contribution in [2.75, 3.05) is 11.9 Å². The van der Waals surface area contributed by atoms with Gasteiger partial charge in [0.15, 0.2) is 12.4 Å². The summed E-state index contributed by atoms with van der Waals surface area (Å²) < 4.78 is 51.6. The van der Waals surface area contributed by atoms with Crippen LogP contribution in [0.15, 0.2) is 48.9 Å². The maximum atomic E-state index is 12.7. The Bertz CT molecular complexity index is 968. The maximum Gasteiger partial charge on any atom is 0.416 e. The molecular weight excluding hydrogens is 391 g/mol. The molecule has 0 aliphatic heterocycles. The Labute approximate surface area is 163 Å². The van der Waals surface area contributed by atoms with Gasteiger partial charge in [0.25, 0.3) is 5.91 Å². The molecule has 3 rings (SSSR count). The Morgan fingerprint density at radius 1 is 1.21 bits per heavy atom. The molecule has 1 amide bonds. The average molecular weight is 409 g/mol. The number of anilines is 1. The third kappa shape index (κ3) is 5.57. The molecule has 8 nitrogen and oxygen atoms in total. The normalized spacial score (nSPS) is 11.4. The Kier molecular flexibility index (Phi) is 6.17. The molecule has 11 heteroatoms. The fraction of sp³-hybridized carbons (Fsp3) is 0.278. The standard InChI is InChI=1S/C18H18F3N5O3/c1-2-28-11-26-10-14(9-22-26)23-17(27)16-6-7-25(24-16)12-29-15-5-3-4-13(8-15)18(19,20)21/h3-10H,2,11-12H2,1H3,(H,23,27). The zero-order valence-corrected chi connectivity index (χ0v) is 15.4. The van der Waals surface area contributed by atoms with E-state index in [1.807, 2.05) is 6.92 Å². The zero-order valence-electron chi connectivity index (χ0n) is 15.4. The summed E-state index contributed by atoms with van der Waals surface area (Å²) in [5, 5.41) is 10.7. The van der Waals surface area contributed by atoms with Gasteiger partial charge in [0.1, 0.15) is 12.5 Å². The number of hydrogen-bond acceptors (Lipinski definition) is 5. The summed E-state index contributed by atoms with van der Waals surface area (Å²) in [7, 11) is 0. The van der Waals surface area contributed by atoms with Crippen molar-refractivity contribution in [1.82, 2.24) is 19.6 Å². The molecular formula is C18H18F3N5O3. The number of carbonyl (C=O) groups is 1. The highest BCUT2D eigenvalue weighted by Gasteiger charge is 2.30. The highest BCUT2D eigenvalue weighted by molar-refractivity contribution is 6.02. The van der Waals surface area contributed by atoms with Crippen LogP contribution in [0.5, 0.6) is 5.75 Å². The Balaban J connectivity index is 1.56. The van der Waals surface area contributed by atoms with Gasteiger partial charge in [0.05, 0.1) is 23.6 Å². The van der Waals surface area contributed by atoms with E-state index < -0.39 is 17.6 Å². The lowest BCUT2D eigenvalue weighted by Gasteiger charge is -2.10. The van der Waals surface area contributed by atoms with Crippen molar-refractivity contribution in [3.63, 3.8) is 0 Å². The van der Waals surface area contributed by atoms with Crippen LogP contribution < -0.4 is 10.1 Å². The molecule has 3 aromatic rings. The summed E-state index contributed by atoms with van der Waals surface area (Å²) in [6, 6.07) is 5.99. The van der Waals surface area contributed by atoms with Crippen LogP contribution in [0.4, 0.5) is 18.9 Å². The van der Waals surface area contributed by atoms with Crippen molar-refractivity contribution in [3.8, 4) is 5.75 Å². The molecule has 1 aromatic carbocycles. The minimum atomic E-state index is -4.45. The van der Waals surface area contributed by atoms with Crippen LogP contribution in [-0.4, -0.2) is 32.1 Å². The first kappa shape index (κ1) is 20.4. The van der Waals surface area contributed by atoms with Gasteiger partial charge >= 0.3 is 6.18 Å². The van der Waals surface area contributed by atoms with Gasteiger partial charge in [-0.2, -0.15) is 23.4 Å². The molecule has 0 saturated carbocycles. The molecule has 1 N–H and O–H groups in total. The summed E-state index contributed by atoms with van der Waals surface area (Å²) in [6.07, 6.45) is 0.125. The summed E-state index contributed by atoms with van der Waals surface area (Å²) in [4.78, 5) is 12.3. The van der Waals surface area contributed by atoms with E-state index in [0.29, 0.717) is 12.3 Å². The van der Waals surface area contributed by atoms with E-state index in [0.717, 1.165) is 12.1 Å². The van der Waals surface area contributed by atoms with Gasteiger partial charge in [0.2, 0.25) is 0 Å². The summed E-state index contributed by atoms with van der Waals surface area (Å²) in [5.41, 5.74) is -0.208. The van der Waals surface area contributed by atoms with E-state index in [9.17, 15) is 18.0 Å². The van der Waals surface area contributed by atoms with Crippen LogP contribution in [0, 0.1) is 0 Å². The first-order valence-corrected chi connectivity index (χ1v) is 8.60. The van der Waals surface area contributed by atoms with Gasteiger partial charge in [-0.3, -0.25) is 4.79 Å². The van der Waals surface area contributed by atoms with Gasteiger partial charge in [-0.15, -0.1) is 0 Å². The second-order valence-corrected chi connectivity index (χ2v) is 5.88. The first-order chi connectivity index (χ1) is 13.8. The molecule has 2 aromatic heterocycles. The molecule has 0 radical (unpaired) electrons. The summed E-state index contributed by atoms with van der Waals surface area (Å²) >= 11 is 0. The van der Waals surface area contributed by atoms with E-state index in [4.69, 9.17) is 9.47 Å². The van der Waals surface area contributed by atoms with Gasteiger partial charge in [-0.1, -0.05) is 6.07 Å². The number of rotatable bonds is 8. The zero-order chi connectivity index (χ0) is 20.9. The van der Waals surface area contributed by atoms with E-state index in [2.05, 4.69) is 15.5 Å². The molecule has 154 valence electrons. The number of nitrogens with one attached hydrogen (secondary N) is 1. The predicted molar refractivity (Wildman–Crippen MR) is 96.1 cm³/mol. The molecule has 29 heavy (non-hydrogen) atoms. The first-order valence-electron chi connectivity index (χ1n) is 8.60. The topological polar surface area (TPSA) is 83.2 Å². The lowest BCUT2D eigenvalue weighted by Crippen LogP contribution is -2.14. The smallest absolute Gasteiger partial charge is 0.416 e. The number of nitrogens with zero attached hydrogens (tertiary/aromatic N) is 4. The molecule has 0 aliphatic carbocycles. The number of alkyl halides is 3. The van der Waals surface area contributed by atoms with Crippen LogP contribution in [0.1, 0.15) is 23.0 Å². The predicted octanol–water partition coefficient (Wildman–Crippen LogP) is 3.38. The van der Waals surface area contributed by atoms with Crippen molar-refractivity contribution in [2.24, 2.45) is 0 Å². The van der Waals surface area contributed by atoms with Crippen molar-refractivity contribution >= 4 is 11.6 Å². The number of carbonyl (C=O) groups excluding carboxylic acids is 1. The molecule has 0 unspecified atom stereocenters. The van der Waals surface area contributed by atoms with Crippen LogP contribution >= 0.6 is 0 Å². The summed E-state index contributed by atoms with van der Waals surface area (Å²) in [5.74, 6) is -0.415. The second-order valence-electron chi connectivity index (χ2n) is 5.88. The molecule has 0 atom stereocenters. The second kappa shape index (κ2) is 8.78. The van der Waals surface area contributed by atoms with E-state index >= 15 is 0 Å². The Morgan fingerprint density at radius 3 is 2.79 bits per heavy atom. The van der Waals surface area contributed by atoms with Crippen LogP contribution in [0.3, 0.4) is 0 Å². The Hall–Kier alpha value is -3.34. The maximum absolute atomic E-state index is 12.7. The lowest BCUT2D eigenvalue weighted by atomic mass is 10.2. The minimum absolute atomic E-state index is 0.0445. The fourth-order valence-corrected chi connectivity index (χ4v) is 2.34. The highest BCUT2D eigenvalue weighted by atomic mass is 19.4. The van der Waals surface area contributed by atoms with Crippen LogP contribution in [0.2, 0.25) is 0 Å². The Morgan fingerprint density at radius 2 is 2.03 bits per heavy atom. The summed E-state index contributed by atoms with van der Waals surface area (Å²) in [6.45, 7) is 2.52. The number of halogens is 3. The van der Waals surface area contributed by atoms with Gasteiger partial charge in [-0.05, 0) is 31.2 Å². The van der Waals surface area contributed by atoms with Gasteiger partial charge in [-0.25, -0.2) is 9.36 Å². The average Bonchev–Trinajstić information content (AvgIpc) is 3.34. The third-order valence-corrected chi connectivity index (χ3v) is 3.72. The molecule has 0 spiro atoms. The van der Waals surface area contributed by atoms with Gasteiger partial charge in [0, 0.05) is 12.8 Å². The fourth-order valence-electron chi connectivity index (χ4n) is 2.34. The molecule has 0 saturated heterocycles. The lowest BCUT2D eigenvalue weighted by molar-refractivity contribution is -0.137. The van der Waals surface area contributed by atoms with E-state index in [1.165, 1.54) is 40.0 Å². The number of benzene rings is 1. The van der Waals surface area contributed by atoms with Crippen LogP contribution in [0.25, 0.3) is 0 Å².